The van der Waals surface area contributed by atoms with Gasteiger partial charge in [0.2, 0.25) is 0 Å². The number of aryl methyl sites for hydroxylation is 1. The van der Waals surface area contributed by atoms with Gasteiger partial charge in [-0.25, -0.2) is 4.79 Å². The number of aromatic nitrogens is 1. The fourth-order valence-corrected chi connectivity index (χ4v) is 3.73. The highest BCUT2D eigenvalue weighted by Gasteiger charge is 2.21. The first-order chi connectivity index (χ1) is 15.0. The molecule has 0 fully saturated rings. The minimum atomic E-state index is -1.16. The van der Waals surface area contributed by atoms with E-state index in [4.69, 9.17) is 9.84 Å². The van der Waals surface area contributed by atoms with E-state index in [0.717, 1.165) is 40.8 Å². The fourth-order valence-electron chi connectivity index (χ4n) is 3.73. The van der Waals surface area contributed by atoms with E-state index in [1.165, 1.54) is 12.1 Å². The number of carboxylic acid groups (broad SMARTS) is 1. The highest BCUT2D eigenvalue weighted by molar-refractivity contribution is 5.91. The number of phenols is 1. The molecule has 4 N–H and O–H groups in total. The van der Waals surface area contributed by atoms with E-state index in [9.17, 15) is 15.0 Å². The largest absolute Gasteiger partial charge is 0.507 e. The molecule has 3 aromatic rings. The summed E-state index contributed by atoms with van der Waals surface area (Å²) in [4.78, 5) is 15.1. The Morgan fingerprint density at radius 3 is 2.74 bits per heavy atom. The molecule has 1 aliphatic rings. The molecule has 2 atom stereocenters. The first-order valence-corrected chi connectivity index (χ1v) is 10.2. The molecule has 2 heterocycles. The fraction of sp³-hybridized carbons (Fsp3) is 0.250. The van der Waals surface area contributed by atoms with Crippen LogP contribution in [0.4, 0.5) is 0 Å². The number of benzene rings is 2. The van der Waals surface area contributed by atoms with Gasteiger partial charge in [0.1, 0.15) is 23.2 Å². The van der Waals surface area contributed by atoms with E-state index in [0.29, 0.717) is 13.1 Å². The van der Waals surface area contributed by atoms with Crippen LogP contribution in [-0.2, 0) is 6.42 Å². The maximum Gasteiger partial charge on any atom is 0.339 e. The Labute approximate surface area is 180 Å². The third-order valence-electron chi connectivity index (χ3n) is 5.43. The summed E-state index contributed by atoms with van der Waals surface area (Å²) in [7, 11) is 0. The zero-order chi connectivity index (χ0) is 21.8. The maximum atomic E-state index is 11.1. The van der Waals surface area contributed by atoms with Gasteiger partial charge in [-0.1, -0.05) is 18.2 Å². The van der Waals surface area contributed by atoms with Crippen molar-refractivity contribution >= 4 is 5.97 Å². The van der Waals surface area contributed by atoms with Crippen LogP contribution < -0.4 is 10.1 Å². The van der Waals surface area contributed by atoms with Crippen molar-refractivity contribution in [2.24, 2.45) is 0 Å². The summed E-state index contributed by atoms with van der Waals surface area (Å²) < 4.78 is 6.10. The molecule has 2 unspecified atom stereocenters. The number of fused-ring (bicyclic) bond motifs is 1. The Morgan fingerprint density at radius 2 is 2.00 bits per heavy atom. The molecular weight excluding hydrogens is 396 g/mol. The van der Waals surface area contributed by atoms with Gasteiger partial charge in [-0.05, 0) is 59.9 Å². The number of nitrogens with zero attached hydrogens (tertiary/aromatic N) is 1. The van der Waals surface area contributed by atoms with Gasteiger partial charge in [0.25, 0.3) is 0 Å². The van der Waals surface area contributed by atoms with Gasteiger partial charge < -0.3 is 25.4 Å². The average molecular weight is 420 g/mol. The highest BCUT2D eigenvalue weighted by atomic mass is 16.5. The molecule has 0 spiro atoms. The lowest BCUT2D eigenvalue weighted by Crippen LogP contribution is -2.36. The molecule has 0 amide bonds. The number of aliphatic hydroxyl groups excluding tert-OH is 1. The quantitative estimate of drug-likeness (QED) is 0.464. The van der Waals surface area contributed by atoms with Crippen molar-refractivity contribution in [3.05, 3.63) is 77.6 Å². The Kier molecular flexibility index (Phi) is 6.16. The number of hydrogen-bond donors (Lipinski definition) is 4. The molecule has 160 valence electrons. The number of aromatic hydroxyl groups is 1. The summed E-state index contributed by atoms with van der Waals surface area (Å²) in [5.41, 5.74) is 3.38. The summed E-state index contributed by atoms with van der Waals surface area (Å²) in [6.07, 6.45) is 4.42. The van der Waals surface area contributed by atoms with Crippen LogP contribution in [-0.4, -0.2) is 45.5 Å². The summed E-state index contributed by atoms with van der Waals surface area (Å²) in [6.45, 7) is 1.05. The Bertz CT molecular complexity index is 1070. The molecule has 0 aliphatic carbocycles. The van der Waals surface area contributed by atoms with Crippen molar-refractivity contribution in [2.75, 3.05) is 13.1 Å². The van der Waals surface area contributed by atoms with Gasteiger partial charge in [-0.3, -0.25) is 4.98 Å². The number of nitrogens with one attached hydrogen (secondary N) is 1. The number of carbonyl (C=O) groups is 1. The van der Waals surface area contributed by atoms with Crippen molar-refractivity contribution in [3.8, 4) is 22.6 Å². The number of carboxylic acids is 1. The summed E-state index contributed by atoms with van der Waals surface area (Å²) >= 11 is 0. The molecule has 0 saturated heterocycles. The number of aliphatic hydroxyl groups is 1. The Morgan fingerprint density at radius 1 is 1.19 bits per heavy atom. The van der Waals surface area contributed by atoms with E-state index < -0.39 is 12.1 Å². The molecule has 31 heavy (non-hydrogen) atoms. The monoisotopic (exact) mass is 420 g/mol. The smallest absolute Gasteiger partial charge is 0.339 e. The van der Waals surface area contributed by atoms with Crippen molar-refractivity contribution in [3.63, 3.8) is 0 Å². The zero-order valence-corrected chi connectivity index (χ0v) is 16.9. The summed E-state index contributed by atoms with van der Waals surface area (Å²) in [5, 5.41) is 32.5. The van der Waals surface area contributed by atoms with Gasteiger partial charge in [0.15, 0.2) is 0 Å². The van der Waals surface area contributed by atoms with Crippen LogP contribution in [0, 0.1) is 0 Å². The second-order valence-corrected chi connectivity index (χ2v) is 7.60. The summed E-state index contributed by atoms with van der Waals surface area (Å²) in [6, 6.07) is 14.0. The maximum absolute atomic E-state index is 11.1. The standard InChI is InChI=1S/C24H24N2O5/c27-21-11-16(4-7-20(21)24(29)30)15-5-8-23-17(10-15)3-6-19(31-23)13-26-14-22(28)18-2-1-9-25-12-18/h1-2,4-5,7-12,19,22,26-28H,3,6,13-14H2,(H,29,30). The van der Waals surface area contributed by atoms with Crippen molar-refractivity contribution in [2.45, 2.75) is 25.0 Å². The first kappa shape index (κ1) is 20.8. The van der Waals surface area contributed by atoms with E-state index in [-0.39, 0.29) is 17.4 Å². The molecule has 7 heteroatoms. The van der Waals surface area contributed by atoms with Crippen LogP contribution in [0.15, 0.2) is 60.9 Å². The zero-order valence-electron chi connectivity index (χ0n) is 16.9. The van der Waals surface area contributed by atoms with Crippen LogP contribution in [0.2, 0.25) is 0 Å². The predicted molar refractivity (Wildman–Crippen MR) is 115 cm³/mol. The highest BCUT2D eigenvalue weighted by Crippen LogP contribution is 2.33. The molecule has 4 rings (SSSR count). The van der Waals surface area contributed by atoms with E-state index in [2.05, 4.69) is 10.3 Å². The topological polar surface area (TPSA) is 112 Å². The number of ether oxygens (including phenoxy) is 1. The van der Waals surface area contributed by atoms with Crippen LogP contribution in [0.1, 0.15) is 34.0 Å². The van der Waals surface area contributed by atoms with E-state index >= 15 is 0 Å². The van der Waals surface area contributed by atoms with Crippen molar-refractivity contribution < 1.29 is 24.9 Å². The number of aromatic carboxylic acids is 1. The lowest BCUT2D eigenvalue weighted by molar-refractivity contribution is 0.0693. The van der Waals surface area contributed by atoms with Crippen LogP contribution >= 0.6 is 0 Å². The lowest BCUT2D eigenvalue weighted by Gasteiger charge is -2.27. The summed E-state index contributed by atoms with van der Waals surface area (Å²) in [5.74, 6) is -0.588. The van der Waals surface area contributed by atoms with Gasteiger partial charge in [0.05, 0.1) is 6.10 Å². The third-order valence-corrected chi connectivity index (χ3v) is 5.43. The van der Waals surface area contributed by atoms with Crippen LogP contribution in [0.5, 0.6) is 11.5 Å². The second-order valence-electron chi connectivity index (χ2n) is 7.60. The first-order valence-electron chi connectivity index (χ1n) is 10.2. The molecule has 0 saturated carbocycles. The average Bonchev–Trinajstić information content (AvgIpc) is 2.79. The lowest BCUT2D eigenvalue weighted by atomic mass is 9.96. The van der Waals surface area contributed by atoms with Gasteiger partial charge in [-0.15, -0.1) is 0 Å². The number of rotatable bonds is 7. The molecule has 1 aromatic heterocycles. The van der Waals surface area contributed by atoms with Crippen molar-refractivity contribution in [1.82, 2.24) is 10.3 Å². The van der Waals surface area contributed by atoms with Crippen LogP contribution in [0.25, 0.3) is 11.1 Å². The molecule has 0 radical (unpaired) electrons. The molecule has 0 bridgehead atoms. The molecular formula is C24H24N2O5. The van der Waals surface area contributed by atoms with E-state index in [1.54, 1.807) is 24.5 Å². The Hall–Kier alpha value is -3.42. The second kappa shape index (κ2) is 9.16. The van der Waals surface area contributed by atoms with Crippen molar-refractivity contribution in [1.29, 1.82) is 0 Å². The molecule has 2 aromatic carbocycles. The van der Waals surface area contributed by atoms with E-state index in [1.807, 2.05) is 24.3 Å². The number of pyridine rings is 1. The minimum Gasteiger partial charge on any atom is -0.507 e. The van der Waals surface area contributed by atoms with Gasteiger partial charge in [0, 0.05) is 31.0 Å². The van der Waals surface area contributed by atoms with Gasteiger partial charge in [-0.2, -0.15) is 0 Å². The van der Waals surface area contributed by atoms with Gasteiger partial charge >= 0.3 is 5.97 Å². The molecule has 7 nitrogen and oxygen atoms in total. The molecule has 1 aliphatic heterocycles. The minimum absolute atomic E-state index is 0.0124. The Balaban J connectivity index is 1.36. The number of hydrogen-bond acceptors (Lipinski definition) is 6. The normalized spacial score (nSPS) is 16.2. The third kappa shape index (κ3) is 4.84. The van der Waals surface area contributed by atoms with Crippen LogP contribution in [0.3, 0.4) is 0 Å². The predicted octanol–water partition coefficient (Wildman–Crippen LogP) is 3.17. The SMILES string of the molecule is O=C(O)c1ccc(-c2ccc3c(c2)CCC(CNCC(O)c2cccnc2)O3)cc1O.